The third-order valence-electron chi connectivity index (χ3n) is 7.76. The van der Waals surface area contributed by atoms with Crippen molar-refractivity contribution in [1.29, 1.82) is 0 Å². The molecule has 0 aromatic rings. The smallest absolute Gasteiger partial charge is 0.339 e. The van der Waals surface area contributed by atoms with Crippen LogP contribution in [0.25, 0.3) is 0 Å². The Hall–Kier alpha value is -1.81. The molecule has 8 atom stereocenters. The van der Waals surface area contributed by atoms with E-state index >= 15 is 0 Å². The summed E-state index contributed by atoms with van der Waals surface area (Å²) in [5, 5.41) is 11.4. The number of ether oxygens (including phenoxy) is 3. The van der Waals surface area contributed by atoms with Crippen LogP contribution in [0.5, 0.6) is 0 Å². The Morgan fingerprint density at radius 3 is 2.30 bits per heavy atom. The van der Waals surface area contributed by atoms with E-state index in [4.69, 9.17) is 24.0 Å². The molecule has 4 rings (SSSR count). The van der Waals surface area contributed by atoms with Crippen molar-refractivity contribution in [2.75, 3.05) is 6.61 Å². The number of hydrogen-bond donors (Lipinski definition) is 1. The monoisotopic (exact) mass is 424 g/mol. The van der Waals surface area contributed by atoms with E-state index in [0.29, 0.717) is 12.2 Å². The van der Waals surface area contributed by atoms with Gasteiger partial charge in [-0.05, 0) is 13.8 Å². The summed E-state index contributed by atoms with van der Waals surface area (Å²) in [4.78, 5) is 46.0. The number of aliphatic hydroxyl groups is 1. The minimum absolute atomic E-state index is 0.0547. The zero-order valence-corrected chi connectivity index (χ0v) is 18.0. The van der Waals surface area contributed by atoms with Gasteiger partial charge in [-0.2, -0.15) is 0 Å². The van der Waals surface area contributed by atoms with Gasteiger partial charge in [-0.15, -0.1) is 4.89 Å². The molecule has 30 heavy (non-hydrogen) atoms. The molecule has 3 fully saturated rings. The molecule has 2 aliphatic heterocycles. The maximum absolute atomic E-state index is 12.3. The molecule has 9 nitrogen and oxygen atoms in total. The zero-order valence-electron chi connectivity index (χ0n) is 18.0. The molecule has 1 N–H and O–H groups in total. The first kappa shape index (κ1) is 21.4. The fourth-order valence-electron chi connectivity index (χ4n) is 6.13. The Morgan fingerprint density at radius 1 is 1.17 bits per heavy atom. The molecule has 1 saturated carbocycles. The number of esters is 1. The summed E-state index contributed by atoms with van der Waals surface area (Å²) in [6, 6.07) is 0. The van der Waals surface area contributed by atoms with Gasteiger partial charge in [-0.3, -0.25) is 14.5 Å². The number of fused-ring (bicyclic) bond motifs is 2. The molecule has 166 valence electrons. The minimum Gasteiger partial charge on any atom is -0.426 e. The molecule has 4 aliphatic rings. The quantitative estimate of drug-likeness (QED) is 0.177. The average molecular weight is 424 g/mol. The van der Waals surface area contributed by atoms with Gasteiger partial charge in [0.05, 0.1) is 24.7 Å². The van der Waals surface area contributed by atoms with Crippen molar-refractivity contribution in [1.82, 2.24) is 0 Å². The number of Topliss-reactive ketones (excluding diaryl/α,β-unsaturated/α-hetero) is 1. The molecule has 1 spiro atoms. The topological polar surface area (TPSA) is 121 Å². The Morgan fingerprint density at radius 2 is 1.80 bits per heavy atom. The van der Waals surface area contributed by atoms with E-state index in [2.05, 4.69) is 0 Å². The highest BCUT2D eigenvalue weighted by Gasteiger charge is 2.87. The molecule has 0 radical (unpaired) electrons. The summed E-state index contributed by atoms with van der Waals surface area (Å²) < 4.78 is 17.9. The second-order valence-corrected chi connectivity index (χ2v) is 9.41. The lowest BCUT2D eigenvalue weighted by molar-refractivity contribution is -0.413. The van der Waals surface area contributed by atoms with Gasteiger partial charge < -0.3 is 19.3 Å². The number of rotatable bonds is 4. The molecule has 0 aromatic carbocycles. The Labute approximate surface area is 174 Å². The van der Waals surface area contributed by atoms with Crippen molar-refractivity contribution >= 4 is 17.7 Å². The summed E-state index contributed by atoms with van der Waals surface area (Å²) in [5.74, 6) is -3.92. The number of ketones is 1. The van der Waals surface area contributed by atoms with Gasteiger partial charge in [-0.1, -0.05) is 25.5 Å². The third kappa shape index (κ3) is 2.46. The normalized spacial score (nSPS) is 48.6. The zero-order chi connectivity index (χ0) is 22.3. The number of carbonyl (C=O) groups is 3. The minimum atomic E-state index is -1.74. The van der Waals surface area contributed by atoms with E-state index in [9.17, 15) is 19.5 Å². The van der Waals surface area contributed by atoms with Gasteiger partial charge in [0, 0.05) is 31.1 Å². The van der Waals surface area contributed by atoms with Crippen molar-refractivity contribution in [2.24, 2.45) is 16.7 Å². The molecule has 2 unspecified atom stereocenters. The summed E-state index contributed by atoms with van der Waals surface area (Å²) >= 11 is 0. The molecule has 2 aliphatic carbocycles. The summed E-state index contributed by atoms with van der Waals surface area (Å²) in [6.07, 6.45) is -0.639. The number of epoxide rings is 1. The van der Waals surface area contributed by atoms with Crippen LogP contribution in [-0.4, -0.2) is 59.1 Å². The standard InChI is InChI=1S/C21H28O9/c1-10-7-14-19(6,16(25)15(10)11(2)22)18(5)8-21(28-12(3)23,30-29-13(4)24)17(27-14)20(18)9-26-20/h7,14-17,25H,8-9H2,1-6H3/t14-,15?,16?,17+,18-,19-,20+,21-/m1/s1. The molecular formula is C21H28O9. The van der Waals surface area contributed by atoms with Crippen LogP contribution in [0.1, 0.15) is 48.0 Å². The lowest BCUT2D eigenvalue weighted by Crippen LogP contribution is -2.68. The van der Waals surface area contributed by atoms with E-state index in [1.165, 1.54) is 20.8 Å². The summed E-state index contributed by atoms with van der Waals surface area (Å²) in [5.41, 5.74) is -1.99. The summed E-state index contributed by atoms with van der Waals surface area (Å²) in [6.45, 7) is 9.70. The van der Waals surface area contributed by atoms with Gasteiger partial charge in [0.25, 0.3) is 5.79 Å². The number of aliphatic hydroxyl groups excluding tert-OH is 1. The third-order valence-corrected chi connectivity index (χ3v) is 7.76. The maximum atomic E-state index is 12.3. The molecule has 0 aromatic heterocycles. The number of carbonyl (C=O) groups excluding carboxylic acids is 3. The molecule has 2 saturated heterocycles. The largest absolute Gasteiger partial charge is 0.426 e. The molecule has 0 amide bonds. The van der Waals surface area contributed by atoms with Crippen LogP contribution in [0.15, 0.2) is 11.6 Å². The Bertz CT molecular complexity index is 845. The van der Waals surface area contributed by atoms with Crippen molar-refractivity contribution < 1.29 is 43.5 Å². The van der Waals surface area contributed by atoms with Crippen LogP contribution < -0.4 is 0 Å². The predicted molar refractivity (Wildman–Crippen MR) is 99.5 cm³/mol. The van der Waals surface area contributed by atoms with Crippen molar-refractivity contribution in [2.45, 2.75) is 77.7 Å². The van der Waals surface area contributed by atoms with Crippen LogP contribution in [-0.2, 0) is 38.4 Å². The van der Waals surface area contributed by atoms with Gasteiger partial charge >= 0.3 is 11.9 Å². The lowest BCUT2D eigenvalue weighted by Gasteiger charge is -2.59. The first-order valence-corrected chi connectivity index (χ1v) is 10.1. The van der Waals surface area contributed by atoms with E-state index < -0.39 is 58.4 Å². The Kier molecular flexibility index (Phi) is 4.54. The van der Waals surface area contributed by atoms with Crippen molar-refractivity contribution in [3.63, 3.8) is 0 Å². The van der Waals surface area contributed by atoms with Crippen LogP contribution in [0.4, 0.5) is 0 Å². The fourth-order valence-corrected chi connectivity index (χ4v) is 6.13. The van der Waals surface area contributed by atoms with E-state index in [-0.39, 0.29) is 12.2 Å². The van der Waals surface area contributed by atoms with Crippen LogP contribution in [0, 0.1) is 16.7 Å². The van der Waals surface area contributed by atoms with Crippen LogP contribution in [0.2, 0.25) is 0 Å². The maximum Gasteiger partial charge on any atom is 0.339 e. The predicted octanol–water partition coefficient (Wildman–Crippen LogP) is 1.22. The molecular weight excluding hydrogens is 396 g/mol. The summed E-state index contributed by atoms with van der Waals surface area (Å²) in [7, 11) is 0. The van der Waals surface area contributed by atoms with Gasteiger partial charge in [0.15, 0.2) is 6.10 Å². The molecule has 2 bridgehead atoms. The van der Waals surface area contributed by atoms with Crippen molar-refractivity contribution in [3.05, 3.63) is 11.6 Å². The first-order valence-electron chi connectivity index (χ1n) is 10.1. The second kappa shape index (κ2) is 6.35. The van der Waals surface area contributed by atoms with Gasteiger partial charge in [-0.25, -0.2) is 4.79 Å². The fraction of sp³-hybridized carbons (Fsp3) is 0.762. The average Bonchev–Trinajstić information content (AvgIpc) is 3.38. The molecule has 2 heterocycles. The number of hydrogen-bond acceptors (Lipinski definition) is 9. The van der Waals surface area contributed by atoms with E-state index in [1.54, 1.807) is 6.92 Å². The SMILES string of the molecule is CC(=O)OO[C@]1(OC(C)=O)C[C@@]2(C)[C@]3(CO3)[C@@H]1O[C@@H]1C=C(C)C(C(C)=O)C(O)[C@@]12C. The second-order valence-electron chi connectivity index (χ2n) is 9.41. The highest BCUT2D eigenvalue weighted by Crippen LogP contribution is 2.74. The van der Waals surface area contributed by atoms with E-state index in [0.717, 1.165) is 0 Å². The highest BCUT2D eigenvalue weighted by molar-refractivity contribution is 5.82. The van der Waals surface area contributed by atoms with Gasteiger partial charge in [0.2, 0.25) is 0 Å². The highest BCUT2D eigenvalue weighted by atomic mass is 17.2. The van der Waals surface area contributed by atoms with E-state index in [1.807, 2.05) is 19.9 Å². The van der Waals surface area contributed by atoms with Crippen molar-refractivity contribution in [3.8, 4) is 0 Å². The molecule has 9 heteroatoms. The van der Waals surface area contributed by atoms with Crippen LogP contribution >= 0.6 is 0 Å². The first-order chi connectivity index (χ1) is 13.8. The van der Waals surface area contributed by atoms with Crippen LogP contribution in [0.3, 0.4) is 0 Å². The Balaban J connectivity index is 1.86. The lowest BCUT2D eigenvalue weighted by atomic mass is 9.49. The van der Waals surface area contributed by atoms with Gasteiger partial charge in [0.1, 0.15) is 11.4 Å².